The van der Waals surface area contributed by atoms with Crippen LogP contribution in [0.15, 0.2) is 115 Å². The van der Waals surface area contributed by atoms with Crippen LogP contribution in [0, 0.1) is 34.6 Å². The number of nitrogens with zero attached hydrogens (tertiary/aromatic N) is 2. The number of hydrogen-bond acceptors (Lipinski definition) is 5. The standard InChI is InChI=1S/C53H46F6N2O4/c1-29-15-13-14-18-45(29)50(36-16-11-10-12-17-36,39-23-30(2)46(60(8)9)31(3)24-39)40-25-32(4)47(33(5)26-40)61-48(64)42-22-20-38(28-44(42)49(61)65)51(52(54,55)56,53(57,58)59)37-19-21-41(34(6)62)43(27-37)35(7)63/h10-28H,1-9H3/t50-/m0/s1. The van der Waals surface area contributed by atoms with Gasteiger partial charge in [0.1, 0.15) is 0 Å². The fourth-order valence-electron chi connectivity index (χ4n) is 10.1. The maximum Gasteiger partial charge on any atom is 0.411 e. The van der Waals surface area contributed by atoms with E-state index in [9.17, 15) is 19.2 Å². The van der Waals surface area contributed by atoms with Crippen molar-refractivity contribution in [1.29, 1.82) is 0 Å². The van der Waals surface area contributed by atoms with Gasteiger partial charge in [-0.15, -0.1) is 0 Å². The molecule has 12 heteroatoms. The Bertz CT molecular complexity index is 2890. The summed E-state index contributed by atoms with van der Waals surface area (Å²) in [5.41, 5.74) is -1.81. The van der Waals surface area contributed by atoms with Gasteiger partial charge in [-0.05, 0) is 128 Å². The normalized spacial score (nSPS) is 14.0. The predicted octanol–water partition coefficient (Wildman–Crippen LogP) is 12.3. The molecule has 0 unspecified atom stereocenters. The number of aryl methyl sites for hydroxylation is 5. The van der Waals surface area contributed by atoms with Crippen molar-refractivity contribution in [3.8, 4) is 0 Å². The largest absolute Gasteiger partial charge is 0.411 e. The van der Waals surface area contributed by atoms with E-state index in [0.29, 0.717) is 35.4 Å². The molecule has 6 aromatic carbocycles. The van der Waals surface area contributed by atoms with Crippen molar-refractivity contribution in [2.45, 2.75) is 71.6 Å². The number of hydrogen-bond donors (Lipinski definition) is 0. The molecule has 0 saturated heterocycles. The number of ketones is 2. The Morgan fingerprint density at radius 3 is 1.48 bits per heavy atom. The van der Waals surface area contributed by atoms with Crippen molar-refractivity contribution < 1.29 is 45.5 Å². The van der Waals surface area contributed by atoms with Crippen molar-refractivity contribution in [3.63, 3.8) is 0 Å². The lowest BCUT2D eigenvalue weighted by atomic mass is 9.63. The second kappa shape index (κ2) is 16.3. The molecule has 2 amide bonds. The Labute approximate surface area is 373 Å². The monoisotopic (exact) mass is 888 g/mol. The minimum absolute atomic E-state index is 0.132. The zero-order valence-corrected chi connectivity index (χ0v) is 37.3. The van der Waals surface area contributed by atoms with Gasteiger partial charge in [-0.1, -0.05) is 97.1 Å². The van der Waals surface area contributed by atoms with Crippen LogP contribution in [0.4, 0.5) is 37.7 Å². The fourth-order valence-corrected chi connectivity index (χ4v) is 10.1. The van der Waals surface area contributed by atoms with Crippen LogP contribution in [0.1, 0.15) is 116 Å². The van der Waals surface area contributed by atoms with Gasteiger partial charge in [0.2, 0.25) is 5.41 Å². The molecule has 0 aromatic heterocycles. The van der Waals surface area contributed by atoms with E-state index in [1.807, 2.05) is 95.5 Å². The second-order valence-corrected chi connectivity index (χ2v) is 17.1. The van der Waals surface area contributed by atoms with E-state index in [1.54, 1.807) is 13.8 Å². The van der Waals surface area contributed by atoms with Gasteiger partial charge in [-0.2, -0.15) is 26.3 Å². The third kappa shape index (κ3) is 7.14. The molecule has 0 fully saturated rings. The molecule has 6 aromatic rings. The molecule has 1 heterocycles. The molecule has 0 spiro atoms. The quantitative estimate of drug-likeness (QED) is 0.0593. The van der Waals surface area contributed by atoms with Gasteiger partial charge < -0.3 is 4.90 Å². The number of fused-ring (bicyclic) bond motifs is 1. The highest BCUT2D eigenvalue weighted by atomic mass is 19.4. The van der Waals surface area contributed by atoms with Crippen LogP contribution in [0.3, 0.4) is 0 Å². The number of rotatable bonds is 10. The number of Topliss-reactive ketones (excluding diaryl/α,β-unsaturated/α-hetero) is 2. The van der Waals surface area contributed by atoms with E-state index in [0.717, 1.165) is 75.5 Å². The first kappa shape index (κ1) is 46.2. The molecule has 334 valence electrons. The van der Waals surface area contributed by atoms with Crippen LogP contribution in [-0.2, 0) is 10.8 Å². The molecule has 6 nitrogen and oxygen atoms in total. The summed E-state index contributed by atoms with van der Waals surface area (Å²) in [6.45, 7) is 11.5. The first-order valence-electron chi connectivity index (χ1n) is 20.8. The summed E-state index contributed by atoms with van der Waals surface area (Å²) in [4.78, 5) is 56.4. The van der Waals surface area contributed by atoms with E-state index >= 15 is 26.3 Å². The Morgan fingerprint density at radius 1 is 0.492 bits per heavy atom. The molecule has 0 saturated carbocycles. The molecule has 0 bridgehead atoms. The van der Waals surface area contributed by atoms with Crippen molar-refractivity contribution in [3.05, 3.63) is 199 Å². The molecule has 1 aliphatic heterocycles. The number of carbonyl (C=O) groups excluding carboxylic acids is 4. The van der Waals surface area contributed by atoms with Crippen LogP contribution in [0.25, 0.3) is 0 Å². The zero-order valence-electron chi connectivity index (χ0n) is 37.3. The Balaban J connectivity index is 1.44. The SMILES string of the molecule is CC(=O)c1ccc(C(c2ccc3c(c2)C(=O)N(c2c(C)cc([C@](c4ccccc4)(c4cc(C)c(N(C)C)c(C)c4)c4ccccc4C)cc2C)C3=O)(C(F)(F)F)C(F)(F)F)cc1C(C)=O. The second-order valence-electron chi connectivity index (χ2n) is 17.1. The number of imide groups is 1. The van der Waals surface area contributed by atoms with Crippen LogP contribution < -0.4 is 9.80 Å². The molecular weight excluding hydrogens is 843 g/mol. The third-order valence-electron chi connectivity index (χ3n) is 12.7. The first-order valence-corrected chi connectivity index (χ1v) is 20.8. The number of halogens is 6. The lowest BCUT2D eigenvalue weighted by Crippen LogP contribution is -2.55. The Morgan fingerprint density at radius 2 is 0.969 bits per heavy atom. The van der Waals surface area contributed by atoms with E-state index in [-0.39, 0.29) is 16.8 Å². The lowest BCUT2D eigenvalue weighted by molar-refractivity contribution is -0.288. The maximum absolute atomic E-state index is 15.4. The summed E-state index contributed by atoms with van der Waals surface area (Å²) in [7, 11) is 3.96. The maximum atomic E-state index is 15.4. The summed E-state index contributed by atoms with van der Waals surface area (Å²) in [6.07, 6.45) is -12.2. The Kier molecular flexibility index (Phi) is 11.6. The van der Waals surface area contributed by atoms with Gasteiger partial charge in [-0.3, -0.25) is 19.2 Å². The van der Waals surface area contributed by atoms with E-state index in [1.165, 1.54) is 0 Å². The minimum Gasteiger partial charge on any atom is -0.377 e. The topological polar surface area (TPSA) is 74.8 Å². The van der Waals surface area contributed by atoms with Gasteiger partial charge in [0, 0.05) is 30.9 Å². The summed E-state index contributed by atoms with van der Waals surface area (Å²) >= 11 is 0. The highest BCUT2D eigenvalue weighted by Crippen LogP contribution is 2.57. The van der Waals surface area contributed by atoms with Crippen molar-refractivity contribution >= 4 is 34.8 Å². The molecule has 0 radical (unpaired) electrons. The Hall–Kier alpha value is -6.82. The van der Waals surface area contributed by atoms with Gasteiger partial charge in [0.15, 0.2) is 11.6 Å². The molecule has 1 atom stereocenters. The van der Waals surface area contributed by atoms with Crippen molar-refractivity contribution in [1.82, 2.24) is 0 Å². The molecule has 65 heavy (non-hydrogen) atoms. The summed E-state index contributed by atoms with van der Waals surface area (Å²) in [5.74, 6) is -3.70. The number of alkyl halides is 6. The summed E-state index contributed by atoms with van der Waals surface area (Å²) in [6, 6.07) is 29.4. The van der Waals surface area contributed by atoms with Crippen LogP contribution in [-0.4, -0.2) is 49.8 Å². The average molecular weight is 889 g/mol. The smallest absolute Gasteiger partial charge is 0.377 e. The van der Waals surface area contributed by atoms with Crippen LogP contribution in [0.2, 0.25) is 0 Å². The van der Waals surface area contributed by atoms with Crippen molar-refractivity contribution in [2.75, 3.05) is 23.9 Å². The van der Waals surface area contributed by atoms with E-state index in [4.69, 9.17) is 0 Å². The molecular formula is C53H46F6N2O4. The molecule has 7 rings (SSSR count). The predicted molar refractivity (Wildman–Crippen MR) is 240 cm³/mol. The minimum atomic E-state index is -6.09. The molecule has 0 aliphatic carbocycles. The van der Waals surface area contributed by atoms with Crippen LogP contribution in [0.5, 0.6) is 0 Å². The van der Waals surface area contributed by atoms with E-state index in [2.05, 4.69) is 23.1 Å². The third-order valence-corrected chi connectivity index (χ3v) is 12.7. The first-order chi connectivity index (χ1) is 30.4. The van der Waals surface area contributed by atoms with Gasteiger partial charge in [-0.25, -0.2) is 4.90 Å². The molecule has 1 aliphatic rings. The fraction of sp³-hybridized carbons (Fsp3) is 0.245. The number of amides is 2. The molecule has 0 N–H and O–H groups in total. The van der Waals surface area contributed by atoms with E-state index < -0.39 is 68.8 Å². The number of anilines is 2. The zero-order chi connectivity index (χ0) is 47.7. The van der Waals surface area contributed by atoms with Gasteiger partial charge in [0.25, 0.3) is 11.8 Å². The average Bonchev–Trinajstić information content (AvgIpc) is 3.45. The van der Waals surface area contributed by atoms with Gasteiger partial charge >= 0.3 is 12.4 Å². The van der Waals surface area contributed by atoms with Gasteiger partial charge in [0.05, 0.1) is 22.2 Å². The van der Waals surface area contributed by atoms with Crippen LogP contribution >= 0.6 is 0 Å². The number of carbonyl (C=O) groups is 4. The number of benzene rings is 6. The summed E-state index contributed by atoms with van der Waals surface area (Å²) < 4.78 is 92.4. The highest BCUT2D eigenvalue weighted by Gasteiger charge is 2.73. The van der Waals surface area contributed by atoms with Crippen molar-refractivity contribution in [2.24, 2.45) is 0 Å². The highest BCUT2D eigenvalue weighted by molar-refractivity contribution is 6.35. The summed E-state index contributed by atoms with van der Waals surface area (Å²) in [5, 5.41) is 0. The lowest BCUT2D eigenvalue weighted by Gasteiger charge is -2.39.